The van der Waals surface area contributed by atoms with Crippen molar-refractivity contribution < 1.29 is 13.2 Å². The van der Waals surface area contributed by atoms with Crippen LogP contribution in [0.15, 0.2) is 22.7 Å². The van der Waals surface area contributed by atoms with Gasteiger partial charge in [0.1, 0.15) is 12.4 Å². The average molecular weight is 378 g/mol. The number of ether oxygens (including phenoxy) is 1. The fourth-order valence-corrected chi connectivity index (χ4v) is 2.91. The van der Waals surface area contributed by atoms with E-state index in [9.17, 15) is 8.42 Å². The van der Waals surface area contributed by atoms with Gasteiger partial charge in [-0.1, -0.05) is 22.9 Å². The standard InChI is InChI=1S/C15H24BrNO3S/c1-5-17-11-12-10-13(6-7-14(12)16)20-8-9-21(18,19)15(2,3)4/h6-7,10,17H,5,8-9,11H2,1-4H3. The normalized spacial score (nSPS) is 12.4. The van der Waals surface area contributed by atoms with Crippen molar-refractivity contribution in [3.8, 4) is 5.75 Å². The van der Waals surface area contributed by atoms with Crippen LogP contribution in [0.25, 0.3) is 0 Å². The van der Waals surface area contributed by atoms with E-state index in [2.05, 4.69) is 21.2 Å². The highest BCUT2D eigenvalue weighted by Gasteiger charge is 2.28. The van der Waals surface area contributed by atoms with Crippen molar-refractivity contribution >= 4 is 25.8 Å². The molecule has 0 bridgehead atoms. The van der Waals surface area contributed by atoms with Gasteiger partial charge in [0.2, 0.25) is 0 Å². The lowest BCUT2D eigenvalue weighted by molar-refractivity contribution is 0.339. The van der Waals surface area contributed by atoms with Gasteiger partial charge in [0.25, 0.3) is 0 Å². The Labute approximate surface area is 136 Å². The number of hydrogen-bond donors (Lipinski definition) is 1. The number of benzene rings is 1. The van der Waals surface area contributed by atoms with Crippen molar-refractivity contribution in [2.75, 3.05) is 18.9 Å². The molecule has 0 unspecified atom stereocenters. The lowest BCUT2D eigenvalue weighted by Gasteiger charge is -2.19. The Balaban J connectivity index is 2.64. The second kappa shape index (κ2) is 7.61. The van der Waals surface area contributed by atoms with E-state index in [1.807, 2.05) is 25.1 Å². The van der Waals surface area contributed by atoms with Crippen LogP contribution in [0.4, 0.5) is 0 Å². The predicted octanol–water partition coefficient (Wildman–Crippen LogP) is 3.15. The molecule has 0 aromatic heterocycles. The van der Waals surface area contributed by atoms with Crippen LogP contribution in [-0.2, 0) is 16.4 Å². The molecule has 0 amide bonds. The summed E-state index contributed by atoms with van der Waals surface area (Å²) in [6.07, 6.45) is 0. The minimum atomic E-state index is -3.15. The third-order valence-electron chi connectivity index (χ3n) is 3.14. The Bertz CT molecular complexity index is 565. The second-order valence-electron chi connectivity index (χ2n) is 5.81. The number of hydrogen-bond acceptors (Lipinski definition) is 4. The zero-order chi connectivity index (χ0) is 16.1. The molecule has 120 valence electrons. The molecule has 0 aliphatic carbocycles. The van der Waals surface area contributed by atoms with Gasteiger partial charge in [-0.3, -0.25) is 0 Å². The molecular weight excluding hydrogens is 354 g/mol. The van der Waals surface area contributed by atoms with Crippen LogP contribution in [-0.4, -0.2) is 32.1 Å². The number of rotatable bonds is 7. The summed E-state index contributed by atoms with van der Waals surface area (Å²) in [7, 11) is -3.15. The number of nitrogens with one attached hydrogen (secondary N) is 1. The van der Waals surface area contributed by atoms with Crippen molar-refractivity contribution in [3.63, 3.8) is 0 Å². The molecule has 6 heteroatoms. The van der Waals surface area contributed by atoms with Gasteiger partial charge in [0.05, 0.1) is 10.5 Å². The molecule has 4 nitrogen and oxygen atoms in total. The van der Waals surface area contributed by atoms with Crippen LogP contribution in [0.5, 0.6) is 5.75 Å². The summed E-state index contributed by atoms with van der Waals surface area (Å²) in [6.45, 7) is 8.97. The highest BCUT2D eigenvalue weighted by molar-refractivity contribution is 9.10. The molecule has 0 aliphatic rings. The van der Waals surface area contributed by atoms with Crippen molar-refractivity contribution in [2.45, 2.75) is 39.0 Å². The summed E-state index contributed by atoms with van der Waals surface area (Å²) in [6, 6.07) is 5.68. The highest BCUT2D eigenvalue weighted by atomic mass is 79.9. The molecule has 1 N–H and O–H groups in total. The molecule has 0 heterocycles. The maximum Gasteiger partial charge on any atom is 0.158 e. The van der Waals surface area contributed by atoms with Crippen LogP contribution in [0, 0.1) is 0 Å². The first-order valence-electron chi connectivity index (χ1n) is 7.01. The lowest BCUT2D eigenvalue weighted by atomic mass is 10.2. The molecule has 1 aromatic carbocycles. The highest BCUT2D eigenvalue weighted by Crippen LogP contribution is 2.23. The first kappa shape index (κ1) is 18.5. The molecule has 1 aromatic rings. The number of sulfone groups is 1. The maximum atomic E-state index is 12.0. The summed E-state index contributed by atoms with van der Waals surface area (Å²) < 4.78 is 29.9. The van der Waals surface area contributed by atoms with Crippen molar-refractivity contribution in [2.24, 2.45) is 0 Å². The fraction of sp³-hybridized carbons (Fsp3) is 0.600. The van der Waals surface area contributed by atoms with Gasteiger partial charge in [-0.25, -0.2) is 8.42 Å². The van der Waals surface area contributed by atoms with Crippen LogP contribution >= 0.6 is 15.9 Å². The Hall–Kier alpha value is -0.590. The topological polar surface area (TPSA) is 55.4 Å². The van der Waals surface area contributed by atoms with Crippen LogP contribution in [0.2, 0.25) is 0 Å². The summed E-state index contributed by atoms with van der Waals surface area (Å²) in [5, 5.41) is 3.25. The van der Waals surface area contributed by atoms with Gasteiger partial charge >= 0.3 is 0 Å². The van der Waals surface area contributed by atoms with Crippen LogP contribution in [0.3, 0.4) is 0 Å². The summed E-state index contributed by atoms with van der Waals surface area (Å²) in [4.78, 5) is 0. The first-order valence-corrected chi connectivity index (χ1v) is 9.46. The molecular formula is C15H24BrNO3S. The minimum absolute atomic E-state index is 0.0229. The van der Waals surface area contributed by atoms with E-state index in [0.29, 0.717) is 5.75 Å². The van der Waals surface area contributed by atoms with E-state index in [1.165, 1.54) is 0 Å². The van der Waals surface area contributed by atoms with Gasteiger partial charge in [-0.05, 0) is 51.1 Å². The Morgan fingerprint density at radius 1 is 1.29 bits per heavy atom. The van der Waals surface area contributed by atoms with Crippen molar-refractivity contribution in [3.05, 3.63) is 28.2 Å². The van der Waals surface area contributed by atoms with Gasteiger partial charge in [0.15, 0.2) is 9.84 Å². The summed E-state index contributed by atoms with van der Waals surface area (Å²) >= 11 is 3.50. The van der Waals surface area contributed by atoms with Crippen LogP contribution in [0.1, 0.15) is 33.3 Å². The molecule has 0 saturated heterocycles. The van der Waals surface area contributed by atoms with E-state index in [4.69, 9.17) is 4.74 Å². The second-order valence-corrected chi connectivity index (χ2v) is 9.53. The van der Waals surface area contributed by atoms with Gasteiger partial charge in [-0.2, -0.15) is 0 Å². The molecule has 0 atom stereocenters. The molecule has 0 aliphatic heterocycles. The quantitative estimate of drug-likeness (QED) is 0.792. The smallest absolute Gasteiger partial charge is 0.158 e. The zero-order valence-electron chi connectivity index (χ0n) is 13.1. The van der Waals surface area contributed by atoms with Gasteiger partial charge in [0, 0.05) is 11.0 Å². The van der Waals surface area contributed by atoms with E-state index in [1.54, 1.807) is 20.8 Å². The van der Waals surface area contributed by atoms with Crippen molar-refractivity contribution in [1.82, 2.24) is 5.32 Å². The van der Waals surface area contributed by atoms with Gasteiger partial charge < -0.3 is 10.1 Å². The number of halogens is 1. The minimum Gasteiger partial charge on any atom is -0.493 e. The first-order chi connectivity index (χ1) is 9.67. The summed E-state index contributed by atoms with van der Waals surface area (Å²) in [5.41, 5.74) is 1.09. The van der Waals surface area contributed by atoms with E-state index >= 15 is 0 Å². The Morgan fingerprint density at radius 3 is 2.52 bits per heavy atom. The third-order valence-corrected chi connectivity index (χ3v) is 6.48. The average Bonchev–Trinajstić information content (AvgIpc) is 2.37. The third kappa shape index (κ3) is 5.60. The Morgan fingerprint density at radius 2 is 1.95 bits per heavy atom. The van der Waals surface area contributed by atoms with E-state index in [-0.39, 0.29) is 12.4 Å². The monoisotopic (exact) mass is 377 g/mol. The summed E-state index contributed by atoms with van der Waals surface area (Å²) in [5.74, 6) is 0.713. The molecule has 0 radical (unpaired) electrons. The molecule has 21 heavy (non-hydrogen) atoms. The molecule has 0 fully saturated rings. The Kier molecular flexibility index (Phi) is 6.69. The SMILES string of the molecule is CCNCc1cc(OCCS(=O)(=O)C(C)(C)C)ccc1Br. The predicted molar refractivity (Wildman–Crippen MR) is 90.6 cm³/mol. The van der Waals surface area contributed by atoms with Gasteiger partial charge in [-0.15, -0.1) is 0 Å². The fourth-order valence-electron chi connectivity index (χ4n) is 1.61. The van der Waals surface area contributed by atoms with E-state index < -0.39 is 14.6 Å². The van der Waals surface area contributed by atoms with Crippen molar-refractivity contribution in [1.29, 1.82) is 0 Å². The van der Waals surface area contributed by atoms with Crippen LogP contribution < -0.4 is 10.1 Å². The lowest BCUT2D eigenvalue weighted by Crippen LogP contribution is -2.32. The van der Waals surface area contributed by atoms with E-state index in [0.717, 1.165) is 23.1 Å². The maximum absolute atomic E-state index is 12.0. The largest absolute Gasteiger partial charge is 0.493 e. The molecule has 1 rings (SSSR count). The molecule has 0 saturated carbocycles. The zero-order valence-corrected chi connectivity index (χ0v) is 15.5. The molecule has 0 spiro atoms.